The Hall–Kier alpha value is -0.200. The van der Waals surface area contributed by atoms with E-state index in [1.807, 2.05) is 0 Å². The van der Waals surface area contributed by atoms with E-state index in [0.717, 1.165) is 0 Å². The molecule has 1 saturated heterocycles. The second-order valence-electron chi connectivity index (χ2n) is 2.92. The molecular formula is C8H16O5. The van der Waals surface area contributed by atoms with Crippen LogP contribution in [0.1, 0.15) is 0 Å². The second-order valence-corrected chi connectivity index (χ2v) is 2.92. The Morgan fingerprint density at radius 1 is 1.15 bits per heavy atom. The van der Waals surface area contributed by atoms with Gasteiger partial charge in [-0.25, -0.2) is 0 Å². The summed E-state index contributed by atoms with van der Waals surface area (Å²) in [5.41, 5.74) is 0. The van der Waals surface area contributed by atoms with Crippen molar-refractivity contribution in [2.45, 2.75) is 24.6 Å². The summed E-state index contributed by atoms with van der Waals surface area (Å²) in [4.78, 5) is 0. The zero-order valence-corrected chi connectivity index (χ0v) is 8.10. The van der Waals surface area contributed by atoms with Crippen molar-refractivity contribution >= 4 is 0 Å². The molecule has 1 aliphatic rings. The molecule has 1 fully saturated rings. The highest BCUT2D eigenvalue weighted by atomic mass is 16.7. The van der Waals surface area contributed by atoms with E-state index in [1.54, 1.807) is 14.2 Å². The molecular weight excluding hydrogens is 176 g/mol. The third-order valence-corrected chi connectivity index (χ3v) is 2.16. The molecule has 1 heterocycles. The second kappa shape index (κ2) is 4.88. The normalized spacial score (nSPS) is 39.7. The number of aliphatic hydroxyl groups is 1. The van der Waals surface area contributed by atoms with E-state index in [-0.39, 0.29) is 12.2 Å². The maximum Gasteiger partial charge on any atom is 0.184 e. The fourth-order valence-electron chi connectivity index (χ4n) is 1.54. The first-order valence-corrected chi connectivity index (χ1v) is 4.12. The summed E-state index contributed by atoms with van der Waals surface area (Å²) >= 11 is 0. The van der Waals surface area contributed by atoms with Gasteiger partial charge in [-0.2, -0.15) is 0 Å². The molecule has 13 heavy (non-hydrogen) atoms. The van der Waals surface area contributed by atoms with Gasteiger partial charge in [0, 0.05) is 21.3 Å². The molecule has 0 aliphatic carbocycles. The van der Waals surface area contributed by atoms with E-state index >= 15 is 0 Å². The largest absolute Gasteiger partial charge is 0.382 e. The number of rotatable bonds is 4. The fourth-order valence-corrected chi connectivity index (χ4v) is 1.54. The zero-order chi connectivity index (χ0) is 9.84. The van der Waals surface area contributed by atoms with Gasteiger partial charge in [0.2, 0.25) is 0 Å². The van der Waals surface area contributed by atoms with Crippen molar-refractivity contribution in [1.29, 1.82) is 0 Å². The highest BCUT2D eigenvalue weighted by molar-refractivity contribution is 4.88. The van der Waals surface area contributed by atoms with Crippen LogP contribution in [0.2, 0.25) is 0 Å². The van der Waals surface area contributed by atoms with Crippen LogP contribution in [0, 0.1) is 0 Å². The van der Waals surface area contributed by atoms with Crippen molar-refractivity contribution < 1.29 is 24.1 Å². The Kier molecular flexibility index (Phi) is 4.08. The molecule has 1 N–H and O–H groups in total. The lowest BCUT2D eigenvalue weighted by Gasteiger charge is -2.19. The highest BCUT2D eigenvalue weighted by Gasteiger charge is 2.44. The van der Waals surface area contributed by atoms with Crippen LogP contribution in [0.25, 0.3) is 0 Å². The molecule has 0 radical (unpaired) electrons. The van der Waals surface area contributed by atoms with E-state index in [9.17, 15) is 5.11 Å². The van der Waals surface area contributed by atoms with Crippen LogP contribution >= 0.6 is 0 Å². The van der Waals surface area contributed by atoms with Crippen LogP contribution in [0.3, 0.4) is 0 Å². The number of methoxy groups -OCH3 is 3. The summed E-state index contributed by atoms with van der Waals surface area (Å²) in [6, 6.07) is 0. The third kappa shape index (κ3) is 2.18. The first-order valence-electron chi connectivity index (χ1n) is 4.12. The van der Waals surface area contributed by atoms with Gasteiger partial charge in [-0.3, -0.25) is 0 Å². The Balaban J connectivity index is 2.57. The minimum atomic E-state index is -0.935. The fraction of sp³-hybridized carbons (Fsp3) is 1.00. The maximum absolute atomic E-state index is 9.40. The predicted molar refractivity (Wildman–Crippen MR) is 44.3 cm³/mol. The predicted octanol–water partition coefficient (Wildman–Crippen LogP) is -0.620. The summed E-state index contributed by atoms with van der Waals surface area (Å²) in [6.07, 6.45) is -1.92. The number of ether oxygens (including phenoxy) is 4. The summed E-state index contributed by atoms with van der Waals surface area (Å²) in [5.74, 6) is 0. The monoisotopic (exact) mass is 192 g/mol. The number of hydrogen-bond acceptors (Lipinski definition) is 5. The third-order valence-electron chi connectivity index (χ3n) is 2.16. The molecule has 0 spiro atoms. The SMILES string of the molecule is COC[C@@H]1OC(O)[C@H](OC)[C@H]1OC. The smallest absolute Gasteiger partial charge is 0.184 e. The quantitative estimate of drug-likeness (QED) is 0.643. The molecule has 1 rings (SSSR count). The van der Waals surface area contributed by atoms with Crippen molar-refractivity contribution in [1.82, 2.24) is 0 Å². The van der Waals surface area contributed by atoms with Gasteiger partial charge in [-0.1, -0.05) is 0 Å². The topological polar surface area (TPSA) is 57.2 Å². The molecule has 1 unspecified atom stereocenters. The van der Waals surface area contributed by atoms with Crippen molar-refractivity contribution in [3.8, 4) is 0 Å². The van der Waals surface area contributed by atoms with Gasteiger partial charge in [0.15, 0.2) is 6.29 Å². The molecule has 1 aliphatic heterocycles. The van der Waals surface area contributed by atoms with Crippen LogP contribution in [0.4, 0.5) is 0 Å². The zero-order valence-electron chi connectivity index (χ0n) is 8.10. The van der Waals surface area contributed by atoms with Crippen LogP contribution in [0.15, 0.2) is 0 Å². The highest BCUT2D eigenvalue weighted by Crippen LogP contribution is 2.24. The van der Waals surface area contributed by atoms with Gasteiger partial charge >= 0.3 is 0 Å². The van der Waals surface area contributed by atoms with Gasteiger partial charge in [0.25, 0.3) is 0 Å². The molecule has 5 nitrogen and oxygen atoms in total. The molecule has 4 atom stereocenters. The minimum absolute atomic E-state index is 0.269. The Bertz CT molecular complexity index is 151. The van der Waals surface area contributed by atoms with Crippen molar-refractivity contribution in [2.24, 2.45) is 0 Å². The summed E-state index contributed by atoms with van der Waals surface area (Å²) < 4.78 is 20.3. The van der Waals surface area contributed by atoms with Crippen molar-refractivity contribution in [3.63, 3.8) is 0 Å². The Morgan fingerprint density at radius 3 is 2.23 bits per heavy atom. The van der Waals surface area contributed by atoms with Crippen molar-refractivity contribution in [3.05, 3.63) is 0 Å². The van der Waals surface area contributed by atoms with E-state index in [2.05, 4.69) is 0 Å². The summed E-state index contributed by atoms with van der Waals surface area (Å²) in [6.45, 7) is 0.384. The molecule has 0 saturated carbocycles. The average Bonchev–Trinajstić information content (AvgIpc) is 2.41. The van der Waals surface area contributed by atoms with Crippen LogP contribution < -0.4 is 0 Å². The minimum Gasteiger partial charge on any atom is -0.382 e. The lowest BCUT2D eigenvalue weighted by molar-refractivity contribution is -0.141. The van der Waals surface area contributed by atoms with Crippen LogP contribution in [-0.4, -0.2) is 57.6 Å². The maximum atomic E-state index is 9.40. The molecule has 0 bridgehead atoms. The van der Waals surface area contributed by atoms with E-state index in [0.29, 0.717) is 6.61 Å². The molecule has 0 aromatic carbocycles. The van der Waals surface area contributed by atoms with Gasteiger partial charge in [0.1, 0.15) is 18.3 Å². The summed E-state index contributed by atoms with van der Waals surface area (Å²) in [7, 11) is 4.64. The standard InChI is InChI=1S/C8H16O5/c1-10-4-5-6(11-2)7(12-3)8(9)13-5/h5-9H,4H2,1-3H3/t5-,6-,7+,8?/m0/s1. The molecule has 0 amide bonds. The molecule has 5 heteroatoms. The van der Waals surface area contributed by atoms with Crippen molar-refractivity contribution in [2.75, 3.05) is 27.9 Å². The molecule has 78 valence electrons. The van der Waals surface area contributed by atoms with Gasteiger partial charge in [-0.15, -0.1) is 0 Å². The molecule has 0 aromatic heterocycles. The number of hydrogen-bond donors (Lipinski definition) is 1. The lowest BCUT2D eigenvalue weighted by atomic mass is 10.1. The average molecular weight is 192 g/mol. The van der Waals surface area contributed by atoms with E-state index in [1.165, 1.54) is 7.11 Å². The van der Waals surface area contributed by atoms with E-state index < -0.39 is 12.4 Å². The van der Waals surface area contributed by atoms with Gasteiger partial charge < -0.3 is 24.1 Å². The Labute approximate surface area is 77.5 Å². The van der Waals surface area contributed by atoms with Gasteiger partial charge in [-0.05, 0) is 0 Å². The van der Waals surface area contributed by atoms with Crippen LogP contribution in [-0.2, 0) is 18.9 Å². The molecule has 0 aromatic rings. The first-order chi connectivity index (χ1) is 6.24. The summed E-state index contributed by atoms with van der Waals surface area (Å²) in [5, 5.41) is 9.40. The van der Waals surface area contributed by atoms with E-state index in [4.69, 9.17) is 18.9 Å². The lowest BCUT2D eigenvalue weighted by Crippen LogP contribution is -2.37. The number of aliphatic hydroxyl groups excluding tert-OH is 1. The van der Waals surface area contributed by atoms with Gasteiger partial charge in [0.05, 0.1) is 6.61 Å². The van der Waals surface area contributed by atoms with Crippen LogP contribution in [0.5, 0.6) is 0 Å². The Morgan fingerprint density at radius 2 is 1.77 bits per heavy atom. The first kappa shape index (κ1) is 10.9.